The third-order valence-corrected chi connectivity index (χ3v) is 3.82. The summed E-state index contributed by atoms with van der Waals surface area (Å²) < 4.78 is 5.46. The summed E-state index contributed by atoms with van der Waals surface area (Å²) in [6.07, 6.45) is 0.761. The lowest BCUT2D eigenvalue weighted by molar-refractivity contribution is -0.481. The fourth-order valence-corrected chi connectivity index (χ4v) is 2.82. The van der Waals surface area contributed by atoms with Gasteiger partial charge in [0.25, 0.3) is 0 Å². The fourth-order valence-electron chi connectivity index (χ4n) is 2.82. The molecule has 0 amide bonds. The Bertz CT molecular complexity index is 756. The van der Waals surface area contributed by atoms with Crippen molar-refractivity contribution in [1.29, 1.82) is 0 Å². The molecule has 0 aliphatic carbocycles. The highest BCUT2D eigenvalue weighted by Gasteiger charge is 2.28. The van der Waals surface area contributed by atoms with Crippen molar-refractivity contribution < 1.29 is 9.66 Å². The van der Waals surface area contributed by atoms with Gasteiger partial charge >= 0.3 is 0 Å². The standard InChI is InChI=1S/C14H16N6O3/c15-12-11(13(16)19-14(17)18-12)9(6-20(21)22)7-1-2-10-8(5-7)3-4-23-10/h1-2,5,9H,3-4,6H2,(H6,15,16,17,18,19). The van der Waals surface area contributed by atoms with Gasteiger partial charge in [0.2, 0.25) is 12.5 Å². The lowest BCUT2D eigenvalue weighted by Crippen LogP contribution is -2.19. The molecular weight excluding hydrogens is 300 g/mol. The van der Waals surface area contributed by atoms with Crippen LogP contribution in [0.1, 0.15) is 22.6 Å². The topological polar surface area (TPSA) is 156 Å². The molecule has 1 unspecified atom stereocenters. The molecule has 0 spiro atoms. The van der Waals surface area contributed by atoms with Crippen LogP contribution in [0.15, 0.2) is 18.2 Å². The summed E-state index contributed by atoms with van der Waals surface area (Å²) in [5.74, 6) is 0.183. The van der Waals surface area contributed by atoms with Crippen LogP contribution in [-0.2, 0) is 6.42 Å². The highest BCUT2D eigenvalue weighted by atomic mass is 16.6. The van der Waals surface area contributed by atoms with E-state index in [1.54, 1.807) is 12.1 Å². The quantitative estimate of drug-likeness (QED) is 0.545. The molecule has 3 rings (SSSR count). The zero-order valence-corrected chi connectivity index (χ0v) is 12.2. The molecule has 2 heterocycles. The SMILES string of the molecule is Nc1nc(N)c(C(C[N+](=O)[O-])c2ccc3c(c2)CCO3)c(N)n1. The van der Waals surface area contributed by atoms with Crippen LogP contribution in [0.3, 0.4) is 0 Å². The van der Waals surface area contributed by atoms with Gasteiger partial charge in [0, 0.05) is 11.3 Å². The van der Waals surface area contributed by atoms with E-state index < -0.39 is 10.8 Å². The van der Waals surface area contributed by atoms with Gasteiger partial charge in [0.1, 0.15) is 17.4 Å². The Balaban J connectivity index is 2.10. The number of benzene rings is 1. The fraction of sp³-hybridized carbons (Fsp3) is 0.286. The highest BCUT2D eigenvalue weighted by molar-refractivity contribution is 5.60. The van der Waals surface area contributed by atoms with Crippen molar-refractivity contribution in [1.82, 2.24) is 9.97 Å². The summed E-state index contributed by atoms with van der Waals surface area (Å²) in [4.78, 5) is 18.5. The highest BCUT2D eigenvalue weighted by Crippen LogP contribution is 2.35. The zero-order chi connectivity index (χ0) is 16.6. The molecule has 0 saturated carbocycles. The first-order chi connectivity index (χ1) is 11.0. The van der Waals surface area contributed by atoms with E-state index in [2.05, 4.69) is 9.97 Å². The lowest BCUT2D eigenvalue weighted by atomic mass is 9.90. The number of rotatable bonds is 4. The van der Waals surface area contributed by atoms with Gasteiger partial charge in [0.05, 0.1) is 18.1 Å². The minimum atomic E-state index is -0.656. The van der Waals surface area contributed by atoms with E-state index in [9.17, 15) is 10.1 Å². The third kappa shape index (κ3) is 2.80. The molecule has 0 saturated heterocycles. The van der Waals surface area contributed by atoms with Crippen molar-refractivity contribution in [2.75, 3.05) is 30.4 Å². The van der Waals surface area contributed by atoms with Crippen molar-refractivity contribution in [3.8, 4) is 5.75 Å². The summed E-state index contributed by atoms with van der Waals surface area (Å²) in [5.41, 5.74) is 19.3. The second kappa shape index (κ2) is 5.59. The molecule has 23 heavy (non-hydrogen) atoms. The van der Waals surface area contributed by atoms with Crippen LogP contribution in [0.5, 0.6) is 5.75 Å². The second-order valence-electron chi connectivity index (χ2n) is 5.30. The van der Waals surface area contributed by atoms with Gasteiger partial charge in [-0.2, -0.15) is 9.97 Å². The number of nitrogen functional groups attached to an aromatic ring is 3. The molecule has 1 aromatic heterocycles. The normalized spacial score (nSPS) is 14.1. The predicted molar refractivity (Wildman–Crippen MR) is 84.6 cm³/mol. The Kier molecular flexibility index (Phi) is 3.61. The molecule has 0 radical (unpaired) electrons. The number of ether oxygens (including phenoxy) is 1. The average molecular weight is 316 g/mol. The van der Waals surface area contributed by atoms with Crippen LogP contribution in [0.25, 0.3) is 0 Å². The first-order valence-electron chi connectivity index (χ1n) is 7.01. The number of nitrogens with two attached hydrogens (primary N) is 3. The lowest BCUT2D eigenvalue weighted by Gasteiger charge is -2.18. The predicted octanol–water partition coefficient (Wildman–Crippen LogP) is 0.567. The second-order valence-corrected chi connectivity index (χ2v) is 5.30. The van der Waals surface area contributed by atoms with E-state index in [4.69, 9.17) is 21.9 Å². The van der Waals surface area contributed by atoms with Crippen LogP contribution >= 0.6 is 0 Å². The summed E-state index contributed by atoms with van der Waals surface area (Å²) >= 11 is 0. The first kappa shape index (κ1) is 14.8. The maximum absolute atomic E-state index is 11.1. The number of fused-ring (bicyclic) bond motifs is 1. The van der Waals surface area contributed by atoms with Crippen LogP contribution in [0.4, 0.5) is 17.6 Å². The Morgan fingerprint density at radius 2 is 1.96 bits per heavy atom. The molecule has 9 heteroatoms. The molecule has 2 aromatic rings. The largest absolute Gasteiger partial charge is 0.493 e. The van der Waals surface area contributed by atoms with E-state index in [0.29, 0.717) is 12.2 Å². The van der Waals surface area contributed by atoms with Gasteiger partial charge in [-0.1, -0.05) is 12.1 Å². The summed E-state index contributed by atoms with van der Waals surface area (Å²) in [5, 5.41) is 11.1. The molecular formula is C14H16N6O3. The third-order valence-electron chi connectivity index (χ3n) is 3.82. The van der Waals surface area contributed by atoms with Crippen molar-refractivity contribution >= 4 is 17.6 Å². The van der Waals surface area contributed by atoms with Crippen molar-refractivity contribution in [2.45, 2.75) is 12.3 Å². The molecule has 1 aliphatic rings. The first-order valence-corrected chi connectivity index (χ1v) is 7.01. The van der Waals surface area contributed by atoms with Crippen molar-refractivity contribution in [3.05, 3.63) is 45.0 Å². The van der Waals surface area contributed by atoms with E-state index in [-0.39, 0.29) is 24.1 Å². The number of anilines is 3. The van der Waals surface area contributed by atoms with Gasteiger partial charge in [-0.15, -0.1) is 0 Å². The van der Waals surface area contributed by atoms with Gasteiger partial charge in [-0.25, -0.2) is 0 Å². The molecule has 1 aromatic carbocycles. The van der Waals surface area contributed by atoms with E-state index in [1.165, 1.54) is 0 Å². The summed E-state index contributed by atoms with van der Waals surface area (Å²) in [6.45, 7) is 0.231. The average Bonchev–Trinajstić information content (AvgIpc) is 2.92. The van der Waals surface area contributed by atoms with Gasteiger partial charge in [-0.3, -0.25) is 10.1 Å². The van der Waals surface area contributed by atoms with Crippen LogP contribution in [0, 0.1) is 10.1 Å². The molecule has 6 N–H and O–H groups in total. The monoisotopic (exact) mass is 316 g/mol. The zero-order valence-electron chi connectivity index (χ0n) is 12.2. The van der Waals surface area contributed by atoms with Crippen molar-refractivity contribution in [3.63, 3.8) is 0 Å². The molecule has 1 aliphatic heterocycles. The summed E-state index contributed by atoms with van der Waals surface area (Å²) in [7, 11) is 0. The number of hydrogen-bond donors (Lipinski definition) is 3. The maximum atomic E-state index is 11.1. The van der Waals surface area contributed by atoms with Crippen molar-refractivity contribution in [2.24, 2.45) is 0 Å². The number of nitro groups is 1. The molecule has 0 fully saturated rings. The van der Waals surface area contributed by atoms with Crippen LogP contribution in [0.2, 0.25) is 0 Å². The van der Waals surface area contributed by atoms with Gasteiger partial charge in [0.15, 0.2) is 0 Å². The van der Waals surface area contributed by atoms with Gasteiger partial charge < -0.3 is 21.9 Å². The molecule has 120 valence electrons. The van der Waals surface area contributed by atoms with Gasteiger partial charge in [-0.05, 0) is 17.2 Å². The minimum Gasteiger partial charge on any atom is -0.493 e. The Labute approximate surface area is 131 Å². The molecule has 1 atom stereocenters. The minimum absolute atomic E-state index is 0.0543. The molecule has 0 bridgehead atoms. The van der Waals surface area contributed by atoms with E-state index in [1.807, 2.05) is 6.07 Å². The number of aromatic nitrogens is 2. The molecule has 9 nitrogen and oxygen atoms in total. The number of hydrogen-bond acceptors (Lipinski definition) is 8. The van der Waals surface area contributed by atoms with E-state index in [0.717, 1.165) is 23.3 Å². The van der Waals surface area contributed by atoms with E-state index >= 15 is 0 Å². The maximum Gasteiger partial charge on any atom is 0.223 e. The summed E-state index contributed by atoms with van der Waals surface area (Å²) in [6, 6.07) is 5.45. The van der Waals surface area contributed by atoms with Crippen LogP contribution in [-0.4, -0.2) is 28.0 Å². The van der Waals surface area contributed by atoms with Crippen LogP contribution < -0.4 is 21.9 Å². The Morgan fingerprint density at radius 1 is 1.26 bits per heavy atom. The Morgan fingerprint density at radius 3 is 2.61 bits per heavy atom. The number of nitrogens with zero attached hydrogens (tertiary/aromatic N) is 3. The smallest absolute Gasteiger partial charge is 0.223 e. The Hall–Kier alpha value is -3.10.